The summed E-state index contributed by atoms with van der Waals surface area (Å²) in [6.45, 7) is 1.86. The fourth-order valence-corrected chi connectivity index (χ4v) is 1.78. The summed E-state index contributed by atoms with van der Waals surface area (Å²) in [5.74, 6) is -2.61. The monoisotopic (exact) mass is 295 g/mol. The molecule has 0 aliphatic heterocycles. The Morgan fingerprint density at radius 3 is 2.48 bits per heavy atom. The van der Waals surface area contributed by atoms with Crippen LogP contribution in [0, 0.1) is 6.92 Å². The van der Waals surface area contributed by atoms with Gasteiger partial charge in [-0.15, -0.1) is 0 Å². The zero-order valence-electron chi connectivity index (χ0n) is 11.8. The van der Waals surface area contributed by atoms with Gasteiger partial charge in [0.05, 0.1) is 20.0 Å². The quantitative estimate of drug-likeness (QED) is 0.678. The molecule has 1 aromatic rings. The van der Waals surface area contributed by atoms with Crippen LogP contribution in [-0.4, -0.2) is 41.2 Å². The maximum atomic E-state index is 11.8. The van der Waals surface area contributed by atoms with Crippen molar-refractivity contribution in [1.29, 1.82) is 0 Å². The zero-order chi connectivity index (χ0) is 16.0. The molecular formula is C14H17NO6. The van der Waals surface area contributed by atoms with E-state index in [-0.39, 0.29) is 6.42 Å². The third-order valence-corrected chi connectivity index (χ3v) is 2.85. The molecule has 1 aromatic carbocycles. The van der Waals surface area contributed by atoms with Crippen molar-refractivity contribution in [3.8, 4) is 5.75 Å². The van der Waals surface area contributed by atoms with Gasteiger partial charge in [-0.05, 0) is 24.1 Å². The zero-order valence-corrected chi connectivity index (χ0v) is 11.8. The summed E-state index contributed by atoms with van der Waals surface area (Å²) in [7, 11) is 1.51. The fraction of sp³-hybridized carbons (Fsp3) is 0.357. The van der Waals surface area contributed by atoms with Crippen molar-refractivity contribution in [2.24, 2.45) is 0 Å². The van der Waals surface area contributed by atoms with E-state index in [1.165, 1.54) is 7.11 Å². The van der Waals surface area contributed by atoms with E-state index in [0.29, 0.717) is 11.3 Å². The van der Waals surface area contributed by atoms with E-state index in [2.05, 4.69) is 5.32 Å². The molecule has 3 N–H and O–H groups in total. The minimum atomic E-state index is -1.44. The summed E-state index contributed by atoms with van der Waals surface area (Å²) >= 11 is 0. The molecule has 0 saturated carbocycles. The van der Waals surface area contributed by atoms with Gasteiger partial charge in [0.1, 0.15) is 11.8 Å². The maximum absolute atomic E-state index is 11.8. The molecule has 7 nitrogen and oxygen atoms in total. The summed E-state index contributed by atoms with van der Waals surface area (Å²) < 4.78 is 5.14. The highest BCUT2D eigenvalue weighted by Gasteiger charge is 2.23. The predicted octanol–water partition coefficient (Wildman–Crippen LogP) is 0.590. The molecule has 0 fully saturated rings. The Balaban J connectivity index is 2.72. The number of hydrogen-bond donors (Lipinski definition) is 3. The largest absolute Gasteiger partial charge is 0.496 e. The number of aryl methyl sites for hydroxylation is 1. The van der Waals surface area contributed by atoms with Crippen molar-refractivity contribution in [3.63, 3.8) is 0 Å². The number of amides is 1. The molecule has 0 bridgehead atoms. The molecule has 1 atom stereocenters. The van der Waals surface area contributed by atoms with Gasteiger partial charge in [0.2, 0.25) is 5.91 Å². The van der Waals surface area contributed by atoms with Crippen LogP contribution in [0.1, 0.15) is 17.5 Å². The van der Waals surface area contributed by atoms with Gasteiger partial charge in [-0.2, -0.15) is 0 Å². The van der Waals surface area contributed by atoms with Crippen molar-refractivity contribution >= 4 is 17.8 Å². The third-order valence-electron chi connectivity index (χ3n) is 2.85. The van der Waals surface area contributed by atoms with Crippen LogP contribution in [0.2, 0.25) is 0 Å². The number of hydrogen-bond acceptors (Lipinski definition) is 4. The molecule has 21 heavy (non-hydrogen) atoms. The van der Waals surface area contributed by atoms with E-state index < -0.39 is 30.3 Å². The number of carbonyl (C=O) groups is 3. The van der Waals surface area contributed by atoms with E-state index in [1.807, 2.05) is 6.92 Å². The van der Waals surface area contributed by atoms with Crippen molar-refractivity contribution in [2.75, 3.05) is 7.11 Å². The molecule has 0 aliphatic rings. The Hall–Kier alpha value is -2.57. The highest BCUT2D eigenvalue weighted by Crippen LogP contribution is 2.19. The number of rotatable bonds is 7. The lowest BCUT2D eigenvalue weighted by atomic mass is 10.1. The Bertz CT molecular complexity index is 554. The second-order valence-electron chi connectivity index (χ2n) is 4.54. The van der Waals surface area contributed by atoms with Crippen LogP contribution in [0.25, 0.3) is 0 Å². The summed E-state index contributed by atoms with van der Waals surface area (Å²) in [4.78, 5) is 33.2. The van der Waals surface area contributed by atoms with E-state index in [9.17, 15) is 14.4 Å². The Morgan fingerprint density at radius 1 is 1.29 bits per heavy atom. The van der Waals surface area contributed by atoms with Gasteiger partial charge in [0.25, 0.3) is 0 Å². The van der Waals surface area contributed by atoms with Gasteiger partial charge in [-0.3, -0.25) is 9.59 Å². The van der Waals surface area contributed by atoms with Gasteiger partial charge >= 0.3 is 11.9 Å². The van der Waals surface area contributed by atoms with E-state index in [1.54, 1.807) is 18.2 Å². The second-order valence-corrected chi connectivity index (χ2v) is 4.54. The molecule has 0 aromatic heterocycles. The topological polar surface area (TPSA) is 113 Å². The van der Waals surface area contributed by atoms with Crippen LogP contribution in [0.3, 0.4) is 0 Å². The maximum Gasteiger partial charge on any atom is 0.326 e. The number of benzene rings is 1. The minimum Gasteiger partial charge on any atom is -0.496 e. The average molecular weight is 295 g/mol. The molecule has 0 aliphatic carbocycles. The highest BCUT2D eigenvalue weighted by atomic mass is 16.5. The van der Waals surface area contributed by atoms with Crippen molar-refractivity contribution in [1.82, 2.24) is 5.32 Å². The lowest BCUT2D eigenvalue weighted by Gasteiger charge is -2.13. The van der Waals surface area contributed by atoms with Crippen LogP contribution in [0.4, 0.5) is 0 Å². The van der Waals surface area contributed by atoms with Gasteiger partial charge < -0.3 is 20.3 Å². The Morgan fingerprint density at radius 2 is 1.95 bits per heavy atom. The van der Waals surface area contributed by atoms with Crippen LogP contribution < -0.4 is 10.1 Å². The summed E-state index contributed by atoms with van der Waals surface area (Å²) in [6.07, 6.45) is -0.724. The van der Waals surface area contributed by atoms with Crippen LogP contribution in [0.5, 0.6) is 5.75 Å². The number of methoxy groups -OCH3 is 1. The standard InChI is InChI=1S/C14H17NO6/c1-8-3-4-9(5-11(8)21-2)6-12(16)15-10(14(19)20)7-13(17)18/h3-5,10H,6-7H2,1-2H3,(H,15,16)(H,17,18)(H,19,20)/t10-/m0/s1. The van der Waals surface area contributed by atoms with Crippen LogP contribution in [0.15, 0.2) is 18.2 Å². The molecule has 1 rings (SSSR count). The SMILES string of the molecule is COc1cc(CC(=O)N[C@@H](CC(=O)O)C(=O)O)ccc1C. The van der Waals surface area contributed by atoms with Crippen LogP contribution >= 0.6 is 0 Å². The van der Waals surface area contributed by atoms with Gasteiger partial charge in [-0.1, -0.05) is 12.1 Å². The van der Waals surface area contributed by atoms with E-state index in [0.717, 1.165) is 5.56 Å². The molecule has 0 radical (unpaired) electrons. The summed E-state index contributed by atoms with van der Waals surface area (Å²) in [5, 5.41) is 19.6. The molecule has 7 heteroatoms. The van der Waals surface area contributed by atoms with Gasteiger partial charge in [0, 0.05) is 0 Å². The molecule has 1 amide bonds. The van der Waals surface area contributed by atoms with Gasteiger partial charge in [-0.25, -0.2) is 4.79 Å². The first kappa shape index (κ1) is 16.5. The number of carbonyl (C=O) groups excluding carboxylic acids is 1. The lowest BCUT2D eigenvalue weighted by Crippen LogP contribution is -2.42. The third kappa shape index (κ3) is 5.13. The molecule has 0 saturated heterocycles. The van der Waals surface area contributed by atoms with Crippen molar-refractivity contribution in [3.05, 3.63) is 29.3 Å². The number of nitrogens with one attached hydrogen (secondary N) is 1. The van der Waals surface area contributed by atoms with Crippen LogP contribution in [-0.2, 0) is 20.8 Å². The average Bonchev–Trinajstić information content (AvgIpc) is 2.39. The first-order valence-electron chi connectivity index (χ1n) is 6.21. The second kappa shape index (κ2) is 7.28. The van der Waals surface area contributed by atoms with Crippen molar-refractivity contribution in [2.45, 2.75) is 25.8 Å². The number of carboxylic acid groups (broad SMARTS) is 2. The van der Waals surface area contributed by atoms with E-state index >= 15 is 0 Å². The normalized spacial score (nSPS) is 11.5. The predicted molar refractivity (Wildman–Crippen MR) is 73.3 cm³/mol. The molecular weight excluding hydrogens is 278 g/mol. The summed E-state index contributed by atoms with van der Waals surface area (Å²) in [6, 6.07) is 3.75. The smallest absolute Gasteiger partial charge is 0.326 e. The first-order chi connectivity index (χ1) is 9.83. The Labute approximate surface area is 121 Å². The highest BCUT2D eigenvalue weighted by molar-refractivity contribution is 5.87. The minimum absolute atomic E-state index is 0.0555. The van der Waals surface area contributed by atoms with Crippen molar-refractivity contribution < 1.29 is 29.3 Å². The Kier molecular flexibility index (Phi) is 5.71. The summed E-state index contributed by atoms with van der Waals surface area (Å²) in [5.41, 5.74) is 1.56. The lowest BCUT2D eigenvalue weighted by molar-refractivity contribution is -0.147. The molecule has 0 heterocycles. The molecule has 0 unspecified atom stereocenters. The number of carboxylic acids is 2. The number of ether oxygens (including phenoxy) is 1. The first-order valence-corrected chi connectivity index (χ1v) is 6.21. The molecule has 0 spiro atoms. The number of aliphatic carboxylic acids is 2. The van der Waals surface area contributed by atoms with Gasteiger partial charge in [0.15, 0.2) is 0 Å². The van der Waals surface area contributed by atoms with E-state index in [4.69, 9.17) is 14.9 Å². The molecule has 114 valence electrons. The fourth-order valence-electron chi connectivity index (χ4n) is 1.78.